The van der Waals surface area contributed by atoms with Crippen LogP contribution in [0.2, 0.25) is 0 Å². The standard InChI is InChI=1S/C5H11NO2S/c1-2-9(7,8)5-3-4(5)6/h4-5H,2-3,6H2,1H3/t4-,5-/m0/s1. The molecule has 0 unspecified atom stereocenters. The number of hydrogen-bond donors (Lipinski definition) is 1. The zero-order valence-electron chi connectivity index (χ0n) is 5.37. The van der Waals surface area contributed by atoms with Crippen LogP contribution in [0.25, 0.3) is 0 Å². The molecule has 0 aliphatic heterocycles. The van der Waals surface area contributed by atoms with E-state index in [0.717, 1.165) is 0 Å². The molecule has 9 heavy (non-hydrogen) atoms. The molecule has 4 heteroatoms. The van der Waals surface area contributed by atoms with Gasteiger partial charge in [0.1, 0.15) is 0 Å². The molecular weight excluding hydrogens is 138 g/mol. The van der Waals surface area contributed by atoms with Gasteiger partial charge in [-0.15, -0.1) is 0 Å². The first-order chi connectivity index (χ1) is 4.08. The molecule has 1 aliphatic rings. The third kappa shape index (κ3) is 1.24. The van der Waals surface area contributed by atoms with Crippen molar-refractivity contribution in [1.82, 2.24) is 0 Å². The topological polar surface area (TPSA) is 60.2 Å². The number of hydrogen-bond acceptors (Lipinski definition) is 3. The lowest BCUT2D eigenvalue weighted by Gasteiger charge is -1.94. The molecule has 0 heterocycles. The summed E-state index contributed by atoms with van der Waals surface area (Å²) in [6, 6.07) is -0.0741. The van der Waals surface area contributed by atoms with Gasteiger partial charge in [0.2, 0.25) is 0 Å². The maximum atomic E-state index is 10.9. The van der Waals surface area contributed by atoms with Crippen LogP contribution >= 0.6 is 0 Å². The van der Waals surface area contributed by atoms with Crippen molar-refractivity contribution >= 4 is 9.84 Å². The Morgan fingerprint density at radius 1 is 1.67 bits per heavy atom. The summed E-state index contributed by atoms with van der Waals surface area (Å²) in [6.07, 6.45) is 0.663. The Bertz CT molecular complexity index is 197. The summed E-state index contributed by atoms with van der Waals surface area (Å²) in [6.45, 7) is 1.65. The highest BCUT2D eigenvalue weighted by Gasteiger charge is 2.43. The Kier molecular flexibility index (Phi) is 1.52. The molecule has 1 rings (SSSR count). The Labute approximate surface area is 55.2 Å². The van der Waals surface area contributed by atoms with Gasteiger partial charge in [0, 0.05) is 11.8 Å². The molecule has 2 N–H and O–H groups in total. The number of sulfone groups is 1. The van der Waals surface area contributed by atoms with Crippen LogP contribution < -0.4 is 5.73 Å². The average Bonchev–Trinajstić information content (AvgIpc) is 2.47. The number of rotatable bonds is 2. The maximum Gasteiger partial charge on any atom is 0.154 e. The fraction of sp³-hybridized carbons (Fsp3) is 1.00. The van der Waals surface area contributed by atoms with Crippen LogP contribution in [-0.4, -0.2) is 25.5 Å². The second-order valence-electron chi connectivity index (χ2n) is 2.39. The van der Waals surface area contributed by atoms with Gasteiger partial charge in [0.15, 0.2) is 9.84 Å². The van der Waals surface area contributed by atoms with Gasteiger partial charge in [-0.25, -0.2) is 8.42 Å². The van der Waals surface area contributed by atoms with Gasteiger partial charge in [0.25, 0.3) is 0 Å². The Morgan fingerprint density at radius 3 is 2.22 bits per heavy atom. The van der Waals surface area contributed by atoms with Gasteiger partial charge in [-0.05, 0) is 6.42 Å². The van der Waals surface area contributed by atoms with Crippen LogP contribution in [0.5, 0.6) is 0 Å². The van der Waals surface area contributed by atoms with Crippen molar-refractivity contribution in [3.63, 3.8) is 0 Å². The summed E-state index contributed by atoms with van der Waals surface area (Å²) in [4.78, 5) is 0. The first-order valence-electron chi connectivity index (χ1n) is 3.05. The highest BCUT2D eigenvalue weighted by Crippen LogP contribution is 2.27. The van der Waals surface area contributed by atoms with E-state index in [1.807, 2.05) is 0 Å². The Balaban J connectivity index is 2.63. The quantitative estimate of drug-likeness (QED) is 0.577. The van der Waals surface area contributed by atoms with Crippen molar-refractivity contribution in [2.75, 3.05) is 5.75 Å². The third-order valence-corrected chi connectivity index (χ3v) is 3.91. The summed E-state index contributed by atoms with van der Waals surface area (Å²) in [5.41, 5.74) is 5.35. The molecule has 0 spiro atoms. The molecule has 54 valence electrons. The Hall–Kier alpha value is -0.0900. The predicted octanol–water partition coefficient (Wildman–Crippen LogP) is -0.479. The van der Waals surface area contributed by atoms with Gasteiger partial charge in [0.05, 0.1) is 5.25 Å². The highest BCUT2D eigenvalue weighted by atomic mass is 32.2. The van der Waals surface area contributed by atoms with E-state index in [2.05, 4.69) is 0 Å². The van der Waals surface area contributed by atoms with Crippen LogP contribution in [0.15, 0.2) is 0 Å². The fourth-order valence-corrected chi connectivity index (χ4v) is 2.29. The van der Waals surface area contributed by atoms with E-state index >= 15 is 0 Å². The van der Waals surface area contributed by atoms with Crippen molar-refractivity contribution in [2.45, 2.75) is 24.6 Å². The molecule has 0 bridgehead atoms. The minimum atomic E-state index is -2.80. The maximum absolute atomic E-state index is 10.9. The summed E-state index contributed by atoms with van der Waals surface area (Å²) >= 11 is 0. The van der Waals surface area contributed by atoms with Crippen molar-refractivity contribution in [3.05, 3.63) is 0 Å². The predicted molar refractivity (Wildman–Crippen MR) is 35.8 cm³/mol. The SMILES string of the molecule is CCS(=O)(=O)[C@H]1C[C@@H]1N. The van der Waals surface area contributed by atoms with Crippen LogP contribution in [0.4, 0.5) is 0 Å². The second kappa shape index (κ2) is 1.95. The fourth-order valence-electron chi connectivity index (χ4n) is 0.817. The molecule has 0 saturated heterocycles. The van der Waals surface area contributed by atoms with Gasteiger partial charge < -0.3 is 5.73 Å². The molecular formula is C5H11NO2S. The van der Waals surface area contributed by atoms with Crippen LogP contribution in [0.3, 0.4) is 0 Å². The summed E-state index contributed by atoms with van der Waals surface area (Å²) in [5, 5.41) is -0.220. The van der Waals surface area contributed by atoms with E-state index in [9.17, 15) is 8.42 Å². The molecule has 0 aromatic rings. The van der Waals surface area contributed by atoms with Gasteiger partial charge in [-0.1, -0.05) is 6.92 Å². The largest absolute Gasteiger partial charge is 0.326 e. The van der Waals surface area contributed by atoms with Crippen LogP contribution in [0, 0.1) is 0 Å². The van der Waals surface area contributed by atoms with Crippen molar-refractivity contribution in [2.24, 2.45) is 5.73 Å². The summed E-state index contributed by atoms with van der Waals surface area (Å²) < 4.78 is 21.8. The molecule has 1 saturated carbocycles. The average molecular weight is 149 g/mol. The molecule has 3 nitrogen and oxygen atoms in total. The monoisotopic (exact) mass is 149 g/mol. The van der Waals surface area contributed by atoms with Gasteiger partial charge in [-0.2, -0.15) is 0 Å². The third-order valence-electron chi connectivity index (χ3n) is 1.64. The van der Waals surface area contributed by atoms with Gasteiger partial charge in [-0.3, -0.25) is 0 Å². The van der Waals surface area contributed by atoms with Crippen LogP contribution in [-0.2, 0) is 9.84 Å². The first-order valence-corrected chi connectivity index (χ1v) is 4.76. The summed E-state index contributed by atoms with van der Waals surface area (Å²) in [5.74, 6) is 0.228. The van der Waals surface area contributed by atoms with E-state index in [-0.39, 0.29) is 17.0 Å². The second-order valence-corrected chi connectivity index (χ2v) is 4.90. The molecule has 0 aromatic heterocycles. The van der Waals surface area contributed by atoms with E-state index in [1.54, 1.807) is 6.92 Å². The van der Waals surface area contributed by atoms with Crippen molar-refractivity contribution in [3.8, 4) is 0 Å². The highest BCUT2D eigenvalue weighted by molar-refractivity contribution is 7.92. The molecule has 0 radical (unpaired) electrons. The van der Waals surface area contributed by atoms with E-state index in [4.69, 9.17) is 5.73 Å². The van der Waals surface area contributed by atoms with Crippen molar-refractivity contribution in [1.29, 1.82) is 0 Å². The van der Waals surface area contributed by atoms with E-state index < -0.39 is 9.84 Å². The smallest absolute Gasteiger partial charge is 0.154 e. The lowest BCUT2D eigenvalue weighted by atomic mass is 10.8. The number of nitrogens with two attached hydrogens (primary N) is 1. The van der Waals surface area contributed by atoms with Crippen molar-refractivity contribution < 1.29 is 8.42 Å². The molecule has 0 aromatic carbocycles. The minimum Gasteiger partial charge on any atom is -0.326 e. The molecule has 2 atom stereocenters. The minimum absolute atomic E-state index is 0.0741. The zero-order chi connectivity index (χ0) is 7.07. The lowest BCUT2D eigenvalue weighted by molar-refractivity contribution is 0.595. The van der Waals surface area contributed by atoms with E-state index in [1.165, 1.54) is 0 Å². The molecule has 1 fully saturated rings. The first kappa shape index (κ1) is 7.02. The van der Waals surface area contributed by atoms with Crippen LogP contribution in [0.1, 0.15) is 13.3 Å². The van der Waals surface area contributed by atoms with E-state index in [0.29, 0.717) is 6.42 Å². The Morgan fingerprint density at radius 2 is 2.11 bits per heavy atom. The summed E-state index contributed by atoms with van der Waals surface area (Å²) in [7, 11) is -2.80. The normalized spacial score (nSPS) is 34.4. The molecule has 0 amide bonds. The lowest BCUT2D eigenvalue weighted by Crippen LogP contribution is -2.16. The molecule has 1 aliphatic carbocycles. The zero-order valence-corrected chi connectivity index (χ0v) is 6.19. The van der Waals surface area contributed by atoms with Gasteiger partial charge >= 0.3 is 0 Å².